The smallest absolute Gasteiger partial charge is 0.209 e. The van der Waals surface area contributed by atoms with Crippen molar-refractivity contribution in [1.82, 2.24) is 0 Å². The summed E-state index contributed by atoms with van der Waals surface area (Å²) < 4.78 is 26.8. The Labute approximate surface area is 113 Å². The number of sulfonamides is 1. The summed E-state index contributed by atoms with van der Waals surface area (Å²) in [6.45, 7) is 1.07. The van der Waals surface area contributed by atoms with Crippen LogP contribution in [0.4, 0.5) is 0 Å². The highest BCUT2D eigenvalue weighted by molar-refractivity contribution is 7.89. The van der Waals surface area contributed by atoms with E-state index in [0.29, 0.717) is 24.7 Å². The van der Waals surface area contributed by atoms with Gasteiger partial charge in [-0.15, -0.1) is 0 Å². The maximum Gasteiger partial charge on any atom is 0.209 e. The molecule has 0 saturated carbocycles. The lowest BCUT2D eigenvalue weighted by Gasteiger charge is -2.05. The SMILES string of the molecule is NS(=O)(=O)CCCCCOCc1ccccc1Cl. The Balaban J connectivity index is 2.08. The van der Waals surface area contributed by atoms with Crippen LogP contribution in [0.2, 0.25) is 5.02 Å². The summed E-state index contributed by atoms with van der Waals surface area (Å²) in [4.78, 5) is 0. The van der Waals surface area contributed by atoms with Crippen molar-refractivity contribution in [1.29, 1.82) is 0 Å². The van der Waals surface area contributed by atoms with Crippen LogP contribution >= 0.6 is 11.6 Å². The molecule has 0 saturated heterocycles. The van der Waals surface area contributed by atoms with Crippen LogP contribution in [0, 0.1) is 0 Å². The second-order valence-corrected chi connectivity index (χ2v) is 6.21. The first-order valence-electron chi connectivity index (χ1n) is 5.80. The molecule has 18 heavy (non-hydrogen) atoms. The lowest BCUT2D eigenvalue weighted by Crippen LogP contribution is -2.16. The zero-order valence-electron chi connectivity index (χ0n) is 10.1. The Morgan fingerprint density at radius 2 is 1.89 bits per heavy atom. The van der Waals surface area contributed by atoms with E-state index in [4.69, 9.17) is 21.5 Å². The third-order valence-electron chi connectivity index (χ3n) is 2.43. The fourth-order valence-corrected chi connectivity index (χ4v) is 2.28. The van der Waals surface area contributed by atoms with E-state index in [1.807, 2.05) is 24.3 Å². The van der Waals surface area contributed by atoms with E-state index in [1.165, 1.54) is 0 Å². The minimum Gasteiger partial charge on any atom is -0.377 e. The van der Waals surface area contributed by atoms with Crippen molar-refractivity contribution < 1.29 is 13.2 Å². The molecule has 0 heterocycles. The first-order chi connectivity index (χ1) is 8.49. The maximum atomic E-state index is 10.7. The van der Waals surface area contributed by atoms with E-state index in [1.54, 1.807) is 0 Å². The molecule has 1 aromatic carbocycles. The van der Waals surface area contributed by atoms with Crippen molar-refractivity contribution in [3.63, 3.8) is 0 Å². The summed E-state index contributed by atoms with van der Waals surface area (Å²) in [6, 6.07) is 7.53. The van der Waals surface area contributed by atoms with Gasteiger partial charge in [0.05, 0.1) is 12.4 Å². The monoisotopic (exact) mass is 291 g/mol. The predicted octanol–water partition coefficient (Wildman–Crippen LogP) is 2.32. The molecular weight excluding hydrogens is 274 g/mol. The summed E-state index contributed by atoms with van der Waals surface area (Å²) in [7, 11) is -3.32. The van der Waals surface area contributed by atoms with Crippen molar-refractivity contribution in [3.05, 3.63) is 34.9 Å². The quantitative estimate of drug-likeness (QED) is 0.747. The Morgan fingerprint density at radius 3 is 2.56 bits per heavy atom. The van der Waals surface area contributed by atoms with Crippen molar-refractivity contribution in [3.8, 4) is 0 Å². The molecule has 0 aliphatic heterocycles. The van der Waals surface area contributed by atoms with Crippen LogP contribution in [0.1, 0.15) is 24.8 Å². The molecule has 0 aliphatic carbocycles. The second-order valence-electron chi connectivity index (χ2n) is 4.07. The molecule has 1 rings (SSSR count). The zero-order chi connectivity index (χ0) is 13.4. The van der Waals surface area contributed by atoms with Gasteiger partial charge in [-0.05, 0) is 24.5 Å². The number of nitrogens with two attached hydrogens (primary N) is 1. The van der Waals surface area contributed by atoms with Gasteiger partial charge in [0.25, 0.3) is 0 Å². The average Bonchev–Trinajstić information content (AvgIpc) is 2.28. The molecule has 0 radical (unpaired) electrons. The molecule has 4 nitrogen and oxygen atoms in total. The highest BCUT2D eigenvalue weighted by Gasteiger charge is 2.02. The first-order valence-corrected chi connectivity index (χ1v) is 7.90. The van der Waals surface area contributed by atoms with E-state index in [0.717, 1.165) is 18.4 Å². The van der Waals surface area contributed by atoms with Crippen LogP contribution < -0.4 is 5.14 Å². The summed E-state index contributed by atoms with van der Waals surface area (Å²) in [5, 5.41) is 5.60. The fourth-order valence-electron chi connectivity index (χ4n) is 1.48. The van der Waals surface area contributed by atoms with Crippen molar-refractivity contribution in [2.24, 2.45) is 5.14 Å². The second kappa shape index (κ2) is 7.74. The molecule has 0 amide bonds. The van der Waals surface area contributed by atoms with Crippen LogP contribution in [0.3, 0.4) is 0 Å². The first kappa shape index (κ1) is 15.4. The van der Waals surface area contributed by atoms with Crippen molar-refractivity contribution in [2.75, 3.05) is 12.4 Å². The van der Waals surface area contributed by atoms with Gasteiger partial charge in [-0.1, -0.05) is 36.2 Å². The Hall–Kier alpha value is -0.620. The maximum absolute atomic E-state index is 10.7. The highest BCUT2D eigenvalue weighted by atomic mass is 35.5. The van der Waals surface area contributed by atoms with Gasteiger partial charge in [0.15, 0.2) is 0 Å². The molecule has 0 fully saturated rings. The van der Waals surface area contributed by atoms with E-state index >= 15 is 0 Å². The summed E-state index contributed by atoms with van der Waals surface area (Å²) in [5.74, 6) is 0.0392. The van der Waals surface area contributed by atoms with Gasteiger partial charge in [0, 0.05) is 11.6 Å². The van der Waals surface area contributed by atoms with Gasteiger partial charge in [0.1, 0.15) is 0 Å². The number of primary sulfonamides is 1. The molecule has 0 aliphatic rings. The number of hydrogen-bond acceptors (Lipinski definition) is 3. The summed E-state index contributed by atoms with van der Waals surface area (Å²) in [5.41, 5.74) is 0.962. The Kier molecular flexibility index (Phi) is 6.63. The van der Waals surface area contributed by atoms with Crippen LogP contribution in [0.5, 0.6) is 0 Å². The van der Waals surface area contributed by atoms with Gasteiger partial charge in [0.2, 0.25) is 10.0 Å². The topological polar surface area (TPSA) is 69.4 Å². The van der Waals surface area contributed by atoms with E-state index in [9.17, 15) is 8.42 Å². The van der Waals surface area contributed by atoms with E-state index < -0.39 is 10.0 Å². The minimum atomic E-state index is -3.32. The molecule has 0 aromatic heterocycles. The van der Waals surface area contributed by atoms with Crippen LogP contribution in [0.15, 0.2) is 24.3 Å². The number of hydrogen-bond donors (Lipinski definition) is 1. The number of benzene rings is 1. The third kappa shape index (κ3) is 6.96. The molecule has 0 bridgehead atoms. The van der Waals surface area contributed by atoms with Gasteiger partial charge >= 0.3 is 0 Å². The Bertz CT molecular complexity index is 462. The number of ether oxygens (including phenoxy) is 1. The normalized spacial score (nSPS) is 11.7. The van der Waals surface area contributed by atoms with Gasteiger partial charge < -0.3 is 4.74 Å². The fraction of sp³-hybridized carbons (Fsp3) is 0.500. The predicted molar refractivity (Wildman–Crippen MR) is 72.9 cm³/mol. The highest BCUT2D eigenvalue weighted by Crippen LogP contribution is 2.15. The molecular formula is C12H18ClNO3S. The molecule has 2 N–H and O–H groups in total. The molecule has 1 aromatic rings. The Morgan fingerprint density at radius 1 is 1.17 bits per heavy atom. The molecule has 102 valence electrons. The molecule has 6 heteroatoms. The lowest BCUT2D eigenvalue weighted by molar-refractivity contribution is 0.117. The number of rotatable bonds is 8. The van der Waals surface area contributed by atoms with Crippen LogP contribution in [-0.4, -0.2) is 20.8 Å². The average molecular weight is 292 g/mol. The third-order valence-corrected chi connectivity index (χ3v) is 3.66. The van der Waals surface area contributed by atoms with Crippen LogP contribution in [-0.2, 0) is 21.4 Å². The molecule has 0 unspecified atom stereocenters. The van der Waals surface area contributed by atoms with Gasteiger partial charge in [-0.2, -0.15) is 0 Å². The zero-order valence-corrected chi connectivity index (χ0v) is 11.7. The van der Waals surface area contributed by atoms with Crippen LogP contribution in [0.25, 0.3) is 0 Å². The molecule has 0 spiro atoms. The largest absolute Gasteiger partial charge is 0.377 e. The summed E-state index contributed by atoms with van der Waals surface area (Å²) in [6.07, 6.45) is 2.19. The lowest BCUT2D eigenvalue weighted by atomic mass is 10.2. The number of unbranched alkanes of at least 4 members (excludes halogenated alkanes) is 2. The summed E-state index contributed by atoms with van der Waals surface area (Å²) >= 11 is 5.98. The standard InChI is InChI=1S/C12H18ClNO3S/c13-12-7-3-2-6-11(12)10-17-8-4-1-5-9-18(14,15)16/h2-3,6-7H,1,4-5,8-10H2,(H2,14,15,16). The van der Waals surface area contributed by atoms with E-state index in [2.05, 4.69) is 0 Å². The van der Waals surface area contributed by atoms with E-state index in [-0.39, 0.29) is 5.75 Å². The number of halogens is 1. The van der Waals surface area contributed by atoms with Gasteiger partial charge in [-0.25, -0.2) is 13.6 Å². The van der Waals surface area contributed by atoms with Gasteiger partial charge in [-0.3, -0.25) is 0 Å². The van der Waals surface area contributed by atoms with Crippen molar-refractivity contribution >= 4 is 21.6 Å². The van der Waals surface area contributed by atoms with Crippen molar-refractivity contribution in [2.45, 2.75) is 25.9 Å². The molecule has 0 atom stereocenters. The minimum absolute atomic E-state index is 0.0392.